The number of hydrogen-bond acceptors (Lipinski definition) is 6. The summed E-state index contributed by atoms with van der Waals surface area (Å²) in [5.41, 5.74) is 2.64. The zero-order valence-electron chi connectivity index (χ0n) is 13.2. The van der Waals surface area contributed by atoms with Gasteiger partial charge < -0.3 is 14.3 Å². The van der Waals surface area contributed by atoms with Gasteiger partial charge in [0.1, 0.15) is 4.88 Å². The van der Waals surface area contributed by atoms with Gasteiger partial charge in [0.05, 0.1) is 12.0 Å². The number of nitrogens with zero attached hydrogens (tertiary/aromatic N) is 2. The molecule has 0 fully saturated rings. The van der Waals surface area contributed by atoms with Gasteiger partial charge in [-0.05, 0) is 30.5 Å². The van der Waals surface area contributed by atoms with E-state index in [9.17, 15) is 4.79 Å². The second-order valence-corrected chi connectivity index (χ2v) is 6.30. The van der Waals surface area contributed by atoms with Gasteiger partial charge in [-0.2, -0.15) is 4.98 Å². The molecule has 1 N–H and O–H groups in total. The molecule has 0 saturated heterocycles. The minimum absolute atomic E-state index is 0.239. The number of carbonyl (C=O) groups excluding carboxylic acids is 1. The maximum Gasteiger partial charge on any atom is 0.291 e. The highest BCUT2D eigenvalue weighted by atomic mass is 32.1. The second-order valence-electron chi connectivity index (χ2n) is 5.38. The van der Waals surface area contributed by atoms with Crippen molar-refractivity contribution in [2.75, 3.05) is 5.32 Å². The van der Waals surface area contributed by atoms with Crippen molar-refractivity contribution < 1.29 is 13.7 Å². The highest BCUT2D eigenvalue weighted by Crippen LogP contribution is 2.34. The van der Waals surface area contributed by atoms with Crippen LogP contribution in [0.15, 0.2) is 63.0 Å². The normalized spacial score (nSPS) is 10.8. The first-order valence-electron chi connectivity index (χ1n) is 7.54. The molecule has 3 aromatic heterocycles. The average Bonchev–Trinajstić information content (AvgIpc) is 3.36. The second kappa shape index (κ2) is 6.37. The van der Waals surface area contributed by atoms with Crippen molar-refractivity contribution in [3.05, 3.63) is 65.4 Å². The fraction of sp³-hybridized carbons (Fsp3) is 0.0556. The van der Waals surface area contributed by atoms with Crippen LogP contribution in [0.5, 0.6) is 0 Å². The maximum atomic E-state index is 12.1. The van der Waals surface area contributed by atoms with E-state index in [-0.39, 0.29) is 11.7 Å². The van der Waals surface area contributed by atoms with E-state index in [4.69, 9.17) is 8.94 Å². The molecule has 0 saturated carbocycles. The fourth-order valence-corrected chi connectivity index (χ4v) is 3.07. The van der Waals surface area contributed by atoms with E-state index in [1.54, 1.807) is 18.2 Å². The quantitative estimate of drug-likeness (QED) is 0.580. The van der Waals surface area contributed by atoms with Crippen LogP contribution in [0.25, 0.3) is 22.2 Å². The van der Waals surface area contributed by atoms with Crippen molar-refractivity contribution in [1.29, 1.82) is 0 Å². The van der Waals surface area contributed by atoms with E-state index < -0.39 is 0 Å². The van der Waals surface area contributed by atoms with Crippen LogP contribution in [0.4, 0.5) is 5.69 Å². The number of anilines is 1. The third-order valence-corrected chi connectivity index (χ3v) is 4.49. The van der Waals surface area contributed by atoms with Crippen LogP contribution in [-0.2, 0) is 0 Å². The van der Waals surface area contributed by atoms with Crippen LogP contribution >= 0.6 is 11.3 Å². The van der Waals surface area contributed by atoms with E-state index in [1.807, 2.05) is 36.6 Å². The third kappa shape index (κ3) is 3.09. The smallest absolute Gasteiger partial charge is 0.291 e. The first-order chi connectivity index (χ1) is 12.2. The fourth-order valence-electron chi connectivity index (χ4n) is 2.30. The van der Waals surface area contributed by atoms with Gasteiger partial charge in [0.25, 0.3) is 11.8 Å². The first kappa shape index (κ1) is 15.3. The molecule has 4 aromatic rings. The minimum atomic E-state index is -0.331. The van der Waals surface area contributed by atoms with Crippen molar-refractivity contribution in [2.45, 2.75) is 6.92 Å². The van der Waals surface area contributed by atoms with Crippen molar-refractivity contribution >= 4 is 22.9 Å². The van der Waals surface area contributed by atoms with Crippen LogP contribution in [0.1, 0.15) is 16.1 Å². The zero-order chi connectivity index (χ0) is 17.2. The lowest BCUT2D eigenvalue weighted by Gasteiger charge is -2.01. The Morgan fingerprint density at radius 3 is 2.76 bits per heavy atom. The van der Waals surface area contributed by atoms with Gasteiger partial charge in [0.2, 0.25) is 5.82 Å². The molecule has 0 aliphatic rings. The summed E-state index contributed by atoms with van der Waals surface area (Å²) in [4.78, 5) is 17.3. The molecule has 25 heavy (non-hydrogen) atoms. The Kier molecular flexibility index (Phi) is 3.91. The third-order valence-electron chi connectivity index (χ3n) is 3.59. The van der Waals surface area contributed by atoms with Crippen LogP contribution in [0, 0.1) is 6.92 Å². The van der Waals surface area contributed by atoms with Gasteiger partial charge in [0.15, 0.2) is 5.76 Å². The predicted octanol–water partition coefficient (Wildman–Crippen LogP) is 4.62. The molecule has 0 bridgehead atoms. The number of carbonyl (C=O) groups is 1. The number of furan rings is 1. The summed E-state index contributed by atoms with van der Waals surface area (Å²) in [5, 5.41) is 8.68. The van der Waals surface area contributed by atoms with Crippen molar-refractivity contribution in [1.82, 2.24) is 10.1 Å². The number of hydrogen-bond donors (Lipinski definition) is 1. The Labute approximate surface area is 147 Å². The lowest BCUT2D eigenvalue weighted by molar-refractivity contribution is 0.0997. The van der Waals surface area contributed by atoms with Crippen molar-refractivity contribution in [2.24, 2.45) is 0 Å². The molecule has 3 heterocycles. The van der Waals surface area contributed by atoms with Gasteiger partial charge in [-0.3, -0.25) is 4.79 Å². The molecule has 0 spiro atoms. The van der Waals surface area contributed by atoms with E-state index in [0.717, 1.165) is 11.1 Å². The van der Waals surface area contributed by atoms with Gasteiger partial charge in [-0.25, -0.2) is 0 Å². The average molecular weight is 351 g/mol. The molecule has 0 radical (unpaired) electrons. The van der Waals surface area contributed by atoms with E-state index in [2.05, 4.69) is 15.5 Å². The van der Waals surface area contributed by atoms with Crippen LogP contribution in [0.3, 0.4) is 0 Å². The van der Waals surface area contributed by atoms with Gasteiger partial charge in [-0.1, -0.05) is 35.0 Å². The number of amides is 1. The maximum absolute atomic E-state index is 12.1. The monoisotopic (exact) mass is 351 g/mol. The Morgan fingerprint density at radius 1 is 1.16 bits per heavy atom. The Balaban J connectivity index is 1.60. The molecular weight excluding hydrogens is 338 g/mol. The van der Waals surface area contributed by atoms with Crippen LogP contribution in [0.2, 0.25) is 0 Å². The number of nitrogens with one attached hydrogen (secondary N) is 1. The largest absolute Gasteiger partial charge is 0.459 e. The topological polar surface area (TPSA) is 81.2 Å². The summed E-state index contributed by atoms with van der Waals surface area (Å²) in [6, 6.07) is 12.9. The van der Waals surface area contributed by atoms with Crippen LogP contribution in [-0.4, -0.2) is 16.0 Å². The molecule has 4 rings (SSSR count). The molecule has 1 amide bonds. The number of aromatic nitrogens is 2. The summed E-state index contributed by atoms with van der Waals surface area (Å²) >= 11 is 1.41. The molecule has 0 aliphatic carbocycles. The van der Waals surface area contributed by atoms with E-state index >= 15 is 0 Å². The van der Waals surface area contributed by atoms with Crippen molar-refractivity contribution in [3.63, 3.8) is 0 Å². The number of thiophene rings is 1. The SMILES string of the molecule is Cc1ccc(-c2noc(-c3sccc3NC(=O)c3ccco3)n2)cc1. The molecule has 6 nitrogen and oxygen atoms in total. The first-order valence-corrected chi connectivity index (χ1v) is 8.42. The van der Waals surface area contributed by atoms with E-state index in [0.29, 0.717) is 22.3 Å². The number of rotatable bonds is 4. The summed E-state index contributed by atoms with van der Waals surface area (Å²) in [5.74, 6) is 0.776. The number of aryl methyl sites for hydroxylation is 1. The van der Waals surface area contributed by atoms with Crippen LogP contribution < -0.4 is 5.32 Å². The summed E-state index contributed by atoms with van der Waals surface area (Å²) in [6.45, 7) is 2.02. The highest BCUT2D eigenvalue weighted by Gasteiger charge is 2.18. The summed E-state index contributed by atoms with van der Waals surface area (Å²) < 4.78 is 10.5. The molecule has 0 unspecified atom stereocenters. The van der Waals surface area contributed by atoms with Gasteiger partial charge in [0, 0.05) is 5.56 Å². The standard InChI is InChI=1S/C18H13N3O3S/c1-11-4-6-12(7-5-11)16-20-18(24-21-16)15-13(8-10-25-15)19-17(22)14-3-2-9-23-14/h2-10H,1H3,(H,19,22). The molecule has 0 atom stereocenters. The molecular formula is C18H13N3O3S. The molecule has 1 aromatic carbocycles. The lowest BCUT2D eigenvalue weighted by atomic mass is 10.1. The Hall–Kier alpha value is -3.19. The lowest BCUT2D eigenvalue weighted by Crippen LogP contribution is -2.10. The summed E-state index contributed by atoms with van der Waals surface area (Å²) in [7, 11) is 0. The van der Waals surface area contributed by atoms with Gasteiger partial charge >= 0.3 is 0 Å². The highest BCUT2D eigenvalue weighted by molar-refractivity contribution is 7.14. The molecule has 0 aliphatic heterocycles. The minimum Gasteiger partial charge on any atom is -0.459 e. The Bertz CT molecular complexity index is 1000. The predicted molar refractivity (Wildman–Crippen MR) is 94.4 cm³/mol. The zero-order valence-corrected chi connectivity index (χ0v) is 14.0. The van der Waals surface area contributed by atoms with E-state index in [1.165, 1.54) is 17.6 Å². The number of benzene rings is 1. The van der Waals surface area contributed by atoms with Crippen molar-refractivity contribution in [3.8, 4) is 22.2 Å². The molecule has 124 valence electrons. The Morgan fingerprint density at radius 2 is 2.00 bits per heavy atom. The summed E-state index contributed by atoms with van der Waals surface area (Å²) in [6.07, 6.45) is 1.45. The van der Waals surface area contributed by atoms with Gasteiger partial charge in [-0.15, -0.1) is 11.3 Å². The molecule has 7 heteroatoms.